The monoisotopic (exact) mass is 592 g/mol. The Kier molecular flexibility index (Phi) is 9.82. The first kappa shape index (κ1) is 30.5. The third-order valence-electron chi connectivity index (χ3n) is 5.58. The maximum atomic E-state index is 13.5. The first-order chi connectivity index (χ1) is 18.9. The highest BCUT2D eigenvalue weighted by Gasteiger charge is 2.24. The van der Waals surface area contributed by atoms with Crippen LogP contribution >= 0.6 is 0 Å². The molecular weight excluding hydrogens is 566 g/mol. The molecule has 0 spiro atoms. The molecule has 2 aromatic carbocycles. The maximum Gasteiger partial charge on any atom is 0.288 e. The number of aromatic nitrogens is 4. The summed E-state index contributed by atoms with van der Waals surface area (Å²) in [6.07, 6.45) is 5.34. The summed E-state index contributed by atoms with van der Waals surface area (Å²) in [5, 5.41) is -1.06. The second-order valence-corrected chi connectivity index (χ2v) is 12.2. The van der Waals surface area contributed by atoms with Crippen molar-refractivity contribution in [3.63, 3.8) is 0 Å². The maximum absolute atomic E-state index is 13.5. The zero-order valence-electron chi connectivity index (χ0n) is 21.6. The van der Waals surface area contributed by atoms with Crippen LogP contribution in [-0.2, 0) is 44.3 Å². The van der Waals surface area contributed by atoms with E-state index in [1.54, 1.807) is 13.8 Å². The van der Waals surface area contributed by atoms with Crippen molar-refractivity contribution in [3.05, 3.63) is 117 Å². The van der Waals surface area contributed by atoms with Gasteiger partial charge in [-0.3, -0.25) is 9.59 Å². The zero-order valence-corrected chi connectivity index (χ0v) is 23.2. The van der Waals surface area contributed by atoms with Crippen molar-refractivity contribution < 1.29 is 25.6 Å². The molecule has 10 nitrogen and oxygen atoms in total. The summed E-state index contributed by atoms with van der Waals surface area (Å²) in [5.41, 5.74) is -1.06. The largest absolute Gasteiger partial charge is 0.312 e. The van der Waals surface area contributed by atoms with E-state index in [4.69, 9.17) is 0 Å². The number of hydrogen-bond donors (Lipinski definition) is 0. The summed E-state index contributed by atoms with van der Waals surface area (Å²) in [6, 6.07) is 10.8. The van der Waals surface area contributed by atoms with Crippen molar-refractivity contribution in [3.8, 4) is 0 Å². The van der Waals surface area contributed by atoms with E-state index in [2.05, 4.69) is 9.97 Å². The van der Waals surface area contributed by atoms with Crippen molar-refractivity contribution in [2.45, 2.75) is 48.5 Å². The molecule has 2 aromatic heterocycles. The van der Waals surface area contributed by atoms with Crippen LogP contribution in [0.3, 0.4) is 0 Å². The standard InChI is InChI=1S/2C13H13FN2O3S/c1-2-16-7-6-15-12(13(16)17)20(18,19)9-10-4-3-5-11(14)8-10;1-2-16-8-7-15-12(13(16)17)20(18,19)9-10-5-3-4-6-11(10)14/h2*3-8H,2,9H2,1H3. The van der Waals surface area contributed by atoms with Gasteiger partial charge in [-0.2, -0.15) is 0 Å². The van der Waals surface area contributed by atoms with Gasteiger partial charge in [-0.05, 0) is 37.6 Å². The Balaban J connectivity index is 0.000000220. The number of hydrogen-bond acceptors (Lipinski definition) is 8. The molecule has 4 rings (SSSR count). The quantitative estimate of drug-likeness (QED) is 0.305. The summed E-state index contributed by atoms with van der Waals surface area (Å²) >= 11 is 0. The van der Waals surface area contributed by atoms with E-state index < -0.39 is 64.0 Å². The van der Waals surface area contributed by atoms with Crippen LogP contribution in [0.2, 0.25) is 0 Å². The molecule has 14 heteroatoms. The van der Waals surface area contributed by atoms with Crippen molar-refractivity contribution in [1.29, 1.82) is 0 Å². The van der Waals surface area contributed by atoms with Crippen molar-refractivity contribution in [2.75, 3.05) is 0 Å². The fraction of sp³-hybridized carbons (Fsp3) is 0.231. The van der Waals surface area contributed by atoms with Crippen LogP contribution in [0.25, 0.3) is 0 Å². The minimum Gasteiger partial charge on any atom is -0.312 e. The Morgan fingerprint density at radius 2 is 1.25 bits per heavy atom. The Morgan fingerprint density at radius 1 is 0.725 bits per heavy atom. The van der Waals surface area contributed by atoms with E-state index in [1.807, 2.05) is 0 Å². The van der Waals surface area contributed by atoms with Gasteiger partial charge in [-0.15, -0.1) is 0 Å². The van der Waals surface area contributed by atoms with Gasteiger partial charge < -0.3 is 9.13 Å². The molecule has 4 aromatic rings. The van der Waals surface area contributed by atoms with Gasteiger partial charge >= 0.3 is 0 Å². The van der Waals surface area contributed by atoms with Crippen LogP contribution in [0.4, 0.5) is 8.78 Å². The fourth-order valence-corrected chi connectivity index (χ4v) is 6.33. The van der Waals surface area contributed by atoms with E-state index in [1.165, 1.54) is 76.4 Å². The van der Waals surface area contributed by atoms with Crippen molar-refractivity contribution >= 4 is 19.7 Å². The van der Waals surface area contributed by atoms with Gasteiger partial charge in [0.2, 0.25) is 29.7 Å². The van der Waals surface area contributed by atoms with E-state index in [-0.39, 0.29) is 11.1 Å². The van der Waals surface area contributed by atoms with Gasteiger partial charge in [-0.1, -0.05) is 30.3 Å². The molecule has 0 bridgehead atoms. The normalized spacial score (nSPS) is 11.5. The second kappa shape index (κ2) is 12.9. The lowest BCUT2D eigenvalue weighted by Crippen LogP contribution is -2.27. The van der Waals surface area contributed by atoms with Gasteiger partial charge in [0.15, 0.2) is 0 Å². The predicted octanol–water partition coefficient (Wildman–Crippen LogP) is 2.75. The summed E-state index contributed by atoms with van der Waals surface area (Å²) in [7, 11) is -7.89. The first-order valence-corrected chi connectivity index (χ1v) is 15.2. The zero-order chi connectivity index (χ0) is 29.5. The smallest absolute Gasteiger partial charge is 0.288 e. The van der Waals surface area contributed by atoms with Crippen LogP contribution in [0, 0.1) is 11.6 Å². The second-order valence-electron chi connectivity index (χ2n) is 8.39. The van der Waals surface area contributed by atoms with E-state index in [0.717, 1.165) is 6.07 Å². The average Bonchev–Trinajstić information content (AvgIpc) is 2.90. The third kappa shape index (κ3) is 7.33. The van der Waals surface area contributed by atoms with Crippen LogP contribution in [0.1, 0.15) is 25.0 Å². The third-order valence-corrected chi connectivity index (χ3v) is 8.73. The van der Waals surface area contributed by atoms with E-state index in [9.17, 15) is 35.2 Å². The SMILES string of the molecule is CCn1ccnc(S(=O)(=O)Cc2cccc(F)c2)c1=O.CCn1ccnc(S(=O)(=O)Cc2ccccc2F)c1=O. The molecule has 0 aliphatic carbocycles. The molecule has 0 unspecified atom stereocenters. The topological polar surface area (TPSA) is 138 Å². The number of aryl methyl sites for hydroxylation is 2. The Hall–Kier alpha value is -4.04. The van der Waals surface area contributed by atoms with Gasteiger partial charge in [0.1, 0.15) is 11.6 Å². The lowest BCUT2D eigenvalue weighted by Gasteiger charge is -2.06. The molecule has 0 amide bonds. The van der Waals surface area contributed by atoms with E-state index >= 15 is 0 Å². The van der Waals surface area contributed by atoms with Gasteiger partial charge in [0.25, 0.3) is 11.1 Å². The molecule has 40 heavy (non-hydrogen) atoms. The fourth-order valence-electron chi connectivity index (χ4n) is 3.58. The van der Waals surface area contributed by atoms with Crippen LogP contribution in [0.15, 0.2) is 93.0 Å². The molecule has 0 aliphatic heterocycles. The molecule has 0 saturated carbocycles. The van der Waals surface area contributed by atoms with E-state index in [0.29, 0.717) is 13.1 Å². The molecule has 0 aliphatic rings. The summed E-state index contributed by atoms with van der Waals surface area (Å²) in [5.74, 6) is -2.19. The molecule has 0 saturated heterocycles. The number of benzene rings is 2. The average molecular weight is 593 g/mol. The lowest BCUT2D eigenvalue weighted by molar-refractivity contribution is 0.577. The molecule has 0 radical (unpaired) electrons. The summed E-state index contributed by atoms with van der Waals surface area (Å²) < 4.78 is 77.9. The van der Waals surface area contributed by atoms with Gasteiger partial charge in [-0.25, -0.2) is 35.6 Å². The first-order valence-electron chi connectivity index (χ1n) is 11.9. The Labute approximate surface area is 229 Å². The minimum absolute atomic E-state index is 0.0144. The minimum atomic E-state index is -3.98. The number of nitrogens with zero attached hydrogens (tertiary/aromatic N) is 4. The highest BCUT2D eigenvalue weighted by Crippen LogP contribution is 2.15. The lowest BCUT2D eigenvalue weighted by atomic mass is 10.2. The number of rotatable bonds is 8. The van der Waals surface area contributed by atoms with Crippen LogP contribution in [0.5, 0.6) is 0 Å². The molecule has 0 N–H and O–H groups in total. The Bertz CT molecular complexity index is 1840. The number of halogens is 2. The summed E-state index contributed by atoms with van der Waals surface area (Å²) in [6.45, 7) is 4.13. The molecule has 212 valence electrons. The van der Waals surface area contributed by atoms with Crippen molar-refractivity contribution in [2.24, 2.45) is 0 Å². The van der Waals surface area contributed by atoms with Crippen molar-refractivity contribution in [1.82, 2.24) is 19.1 Å². The van der Waals surface area contributed by atoms with Gasteiger partial charge in [0.05, 0.1) is 11.5 Å². The van der Waals surface area contributed by atoms with Gasteiger partial charge in [0, 0.05) is 43.4 Å². The Morgan fingerprint density at radius 3 is 1.75 bits per heavy atom. The molecule has 2 heterocycles. The number of sulfone groups is 2. The predicted molar refractivity (Wildman–Crippen MR) is 143 cm³/mol. The molecular formula is C26H26F2N4O6S2. The highest BCUT2D eigenvalue weighted by atomic mass is 32.2. The molecule has 0 fully saturated rings. The summed E-state index contributed by atoms with van der Waals surface area (Å²) in [4.78, 5) is 31.2. The molecule has 0 atom stereocenters. The highest BCUT2D eigenvalue weighted by molar-refractivity contribution is 7.90. The van der Waals surface area contributed by atoms with Crippen LogP contribution < -0.4 is 11.1 Å². The van der Waals surface area contributed by atoms with Crippen LogP contribution in [-0.4, -0.2) is 35.9 Å².